The minimum atomic E-state index is -0.166. The Morgan fingerprint density at radius 2 is 1.77 bits per heavy atom. The van der Waals surface area contributed by atoms with Crippen LogP contribution in [0.5, 0.6) is 0 Å². The summed E-state index contributed by atoms with van der Waals surface area (Å²) in [5.41, 5.74) is 6.04. The molecule has 0 bridgehead atoms. The predicted octanol–water partition coefficient (Wildman–Crippen LogP) is 4.12. The van der Waals surface area contributed by atoms with Crippen LogP contribution in [0.4, 0.5) is 0 Å². The molecule has 0 spiro atoms. The van der Waals surface area contributed by atoms with Gasteiger partial charge in [-0.1, -0.05) is 55.1 Å². The lowest BCUT2D eigenvalue weighted by Crippen LogP contribution is -2.29. The zero-order valence-corrected chi connectivity index (χ0v) is 17.7. The Morgan fingerprint density at radius 3 is 2.55 bits per heavy atom. The Balaban J connectivity index is 1.72. The van der Waals surface area contributed by atoms with Crippen molar-refractivity contribution in [3.05, 3.63) is 106 Å². The molecule has 2 atom stereocenters. The number of aryl methyl sites for hydroxylation is 1. The minimum Gasteiger partial charge on any atom is -0.368 e. The van der Waals surface area contributed by atoms with E-state index < -0.39 is 0 Å². The van der Waals surface area contributed by atoms with Gasteiger partial charge in [0.1, 0.15) is 0 Å². The molecule has 0 N–H and O–H groups in total. The molecule has 2 heterocycles. The molecule has 3 aromatic rings. The first-order valence-electron chi connectivity index (χ1n) is 10.5. The highest BCUT2D eigenvalue weighted by molar-refractivity contribution is 6.10. The number of aromatic nitrogens is 2. The van der Waals surface area contributed by atoms with Crippen LogP contribution in [-0.4, -0.2) is 40.0 Å². The minimum absolute atomic E-state index is 0.166. The van der Waals surface area contributed by atoms with Crippen LogP contribution in [0.15, 0.2) is 88.8 Å². The molecule has 2 aromatic carbocycles. The van der Waals surface area contributed by atoms with Gasteiger partial charge < -0.3 is 4.90 Å². The summed E-state index contributed by atoms with van der Waals surface area (Å²) in [5.74, 6) is 0. The van der Waals surface area contributed by atoms with Crippen molar-refractivity contribution in [2.24, 2.45) is 4.99 Å². The Labute approximate surface area is 181 Å². The van der Waals surface area contributed by atoms with E-state index in [2.05, 4.69) is 18.5 Å². The van der Waals surface area contributed by atoms with Crippen molar-refractivity contribution < 1.29 is 0 Å². The summed E-state index contributed by atoms with van der Waals surface area (Å²) in [6.07, 6.45) is 3.00. The monoisotopic (exact) mass is 408 g/mol. The smallest absolute Gasteiger partial charge is 0.271 e. The molecule has 5 rings (SSSR count). The van der Waals surface area contributed by atoms with Gasteiger partial charge in [0.2, 0.25) is 0 Å². The van der Waals surface area contributed by atoms with E-state index in [1.807, 2.05) is 67.7 Å². The van der Waals surface area contributed by atoms with Crippen LogP contribution >= 0.6 is 0 Å². The highest BCUT2D eigenvalue weighted by atomic mass is 16.1. The number of benzene rings is 2. The molecule has 1 fully saturated rings. The third-order valence-corrected chi connectivity index (χ3v) is 6.07. The van der Waals surface area contributed by atoms with E-state index in [1.54, 1.807) is 12.1 Å². The molecule has 5 heteroatoms. The summed E-state index contributed by atoms with van der Waals surface area (Å²) >= 11 is 0. The van der Waals surface area contributed by atoms with Crippen LogP contribution in [0.2, 0.25) is 0 Å². The summed E-state index contributed by atoms with van der Waals surface area (Å²) in [6.45, 7) is 6.40. The largest absolute Gasteiger partial charge is 0.368 e. The second kappa shape index (κ2) is 7.51. The van der Waals surface area contributed by atoms with E-state index in [0.29, 0.717) is 17.8 Å². The Bertz CT molecular complexity index is 1290. The maximum absolute atomic E-state index is 12.7. The molecule has 2 aliphatic rings. The third-order valence-electron chi connectivity index (χ3n) is 6.07. The van der Waals surface area contributed by atoms with Gasteiger partial charge in [-0.05, 0) is 42.2 Å². The van der Waals surface area contributed by atoms with Crippen LogP contribution in [0.1, 0.15) is 23.2 Å². The van der Waals surface area contributed by atoms with E-state index in [9.17, 15) is 4.79 Å². The van der Waals surface area contributed by atoms with Crippen LogP contribution in [0.25, 0.3) is 16.8 Å². The van der Waals surface area contributed by atoms with Gasteiger partial charge in [-0.2, -0.15) is 9.78 Å². The standard InChI is InChI=1S/C26H24N4O/c1-17-9-7-8-12-22(17)30-25(31)14-13-20(28-30)26(18(2)19-10-5-4-6-11-19)24-16-27-21-15-23(21)29(24)3/h4-14,16,21,23H,2,15H2,1,3H3/b26-24+. The number of aliphatic imine (C=N–C) groups is 1. The van der Waals surface area contributed by atoms with Crippen molar-refractivity contribution >= 4 is 17.4 Å². The fourth-order valence-corrected chi connectivity index (χ4v) is 4.16. The van der Waals surface area contributed by atoms with Crippen LogP contribution in [0, 0.1) is 6.92 Å². The van der Waals surface area contributed by atoms with Crippen molar-refractivity contribution in [3.8, 4) is 5.69 Å². The van der Waals surface area contributed by atoms with Crippen LogP contribution in [-0.2, 0) is 0 Å². The number of rotatable bonds is 4. The lowest BCUT2D eigenvalue weighted by Gasteiger charge is -2.27. The molecular formula is C26H24N4O. The van der Waals surface area contributed by atoms with E-state index in [0.717, 1.165) is 40.1 Å². The molecule has 0 radical (unpaired) electrons. The van der Waals surface area contributed by atoms with Gasteiger partial charge in [0.05, 0.1) is 29.2 Å². The Kier molecular flexibility index (Phi) is 4.66. The molecule has 5 nitrogen and oxygen atoms in total. The zero-order valence-electron chi connectivity index (χ0n) is 17.7. The number of likely N-dealkylation sites (N-methyl/N-ethyl adjacent to an activating group) is 1. The zero-order chi connectivity index (χ0) is 21.5. The molecule has 1 saturated carbocycles. The van der Waals surface area contributed by atoms with Gasteiger partial charge in [-0.15, -0.1) is 0 Å². The molecule has 0 amide bonds. The van der Waals surface area contributed by atoms with Gasteiger partial charge in [-0.3, -0.25) is 9.79 Å². The SMILES string of the molecule is C=C(/C(=C1/C=NC2CC2N1C)c1ccc(=O)n(-c2ccccc2C)n1)c1ccccc1. The summed E-state index contributed by atoms with van der Waals surface area (Å²) in [4.78, 5) is 19.7. The molecule has 1 aliphatic heterocycles. The molecule has 31 heavy (non-hydrogen) atoms. The van der Waals surface area contributed by atoms with Gasteiger partial charge in [0.15, 0.2) is 0 Å². The Hall–Kier alpha value is -3.73. The van der Waals surface area contributed by atoms with Crippen LogP contribution < -0.4 is 5.56 Å². The molecular weight excluding hydrogens is 384 g/mol. The number of hydrogen-bond donors (Lipinski definition) is 0. The number of nitrogens with zero attached hydrogens (tertiary/aromatic N) is 4. The summed E-state index contributed by atoms with van der Waals surface area (Å²) in [7, 11) is 2.10. The molecule has 154 valence electrons. The number of hydrogen-bond acceptors (Lipinski definition) is 4. The number of fused-ring (bicyclic) bond motifs is 1. The van der Waals surface area contributed by atoms with Crippen molar-refractivity contribution in [2.75, 3.05) is 7.05 Å². The van der Waals surface area contributed by atoms with Gasteiger partial charge in [0, 0.05) is 24.9 Å². The average Bonchev–Trinajstić information content (AvgIpc) is 3.58. The first-order chi connectivity index (χ1) is 15.0. The van der Waals surface area contributed by atoms with Crippen molar-refractivity contribution in [2.45, 2.75) is 25.4 Å². The first-order valence-corrected chi connectivity index (χ1v) is 10.5. The van der Waals surface area contributed by atoms with Crippen molar-refractivity contribution in [1.29, 1.82) is 0 Å². The highest BCUT2D eigenvalue weighted by Crippen LogP contribution is 2.40. The number of para-hydroxylation sites is 1. The molecule has 0 saturated heterocycles. The van der Waals surface area contributed by atoms with Crippen molar-refractivity contribution in [1.82, 2.24) is 14.7 Å². The van der Waals surface area contributed by atoms with Crippen molar-refractivity contribution in [3.63, 3.8) is 0 Å². The maximum Gasteiger partial charge on any atom is 0.271 e. The van der Waals surface area contributed by atoms with Crippen LogP contribution in [0.3, 0.4) is 0 Å². The Morgan fingerprint density at radius 1 is 1.03 bits per heavy atom. The second-order valence-electron chi connectivity index (χ2n) is 8.12. The number of allylic oxidation sites excluding steroid dienone is 3. The summed E-state index contributed by atoms with van der Waals surface area (Å²) in [5, 5.41) is 4.80. The lowest BCUT2D eigenvalue weighted by molar-refractivity contribution is 0.415. The fraction of sp³-hybridized carbons (Fsp3) is 0.192. The first kappa shape index (κ1) is 19.2. The normalized spacial score (nSPS) is 20.9. The summed E-state index contributed by atoms with van der Waals surface area (Å²) in [6, 6.07) is 22.0. The third kappa shape index (κ3) is 3.42. The van der Waals surface area contributed by atoms with Gasteiger partial charge in [-0.25, -0.2) is 0 Å². The average molecular weight is 409 g/mol. The van der Waals surface area contributed by atoms with E-state index >= 15 is 0 Å². The molecule has 1 aliphatic carbocycles. The highest BCUT2D eigenvalue weighted by Gasteiger charge is 2.44. The predicted molar refractivity (Wildman–Crippen MR) is 125 cm³/mol. The van der Waals surface area contributed by atoms with E-state index in [4.69, 9.17) is 10.1 Å². The molecule has 1 aromatic heterocycles. The van der Waals surface area contributed by atoms with E-state index in [1.165, 1.54) is 4.68 Å². The quantitative estimate of drug-likeness (QED) is 0.652. The van der Waals surface area contributed by atoms with Gasteiger partial charge >= 0.3 is 0 Å². The topological polar surface area (TPSA) is 50.5 Å². The lowest BCUT2D eigenvalue weighted by atomic mass is 9.94. The van der Waals surface area contributed by atoms with Gasteiger partial charge in [0.25, 0.3) is 5.56 Å². The molecule has 2 unspecified atom stereocenters. The summed E-state index contributed by atoms with van der Waals surface area (Å²) < 4.78 is 1.48. The maximum atomic E-state index is 12.7. The van der Waals surface area contributed by atoms with E-state index in [-0.39, 0.29) is 5.56 Å². The second-order valence-corrected chi connectivity index (χ2v) is 8.12. The fourth-order valence-electron chi connectivity index (χ4n) is 4.16.